The molecule has 1 aliphatic heterocycles. The van der Waals surface area contributed by atoms with Crippen LogP contribution in [0.5, 0.6) is 11.5 Å². The van der Waals surface area contributed by atoms with E-state index in [2.05, 4.69) is 17.4 Å². The molecule has 1 N–H and O–H groups in total. The molecule has 1 aromatic rings. The van der Waals surface area contributed by atoms with Crippen molar-refractivity contribution in [2.45, 2.75) is 39.2 Å². The lowest BCUT2D eigenvalue weighted by molar-refractivity contribution is 0.286. The fourth-order valence-electron chi connectivity index (χ4n) is 2.42. The summed E-state index contributed by atoms with van der Waals surface area (Å²) in [5.74, 6) is 1.71. The standard InChI is InChI=1S/C15H23NO2/c1-3-17-14-9-8-12(11-15(14)18-4-2)13-7-5-6-10-16-13/h8-9,11,13,16H,3-7,10H2,1-2H3. The Bertz CT molecular complexity index is 373. The van der Waals surface area contributed by atoms with Crippen LogP contribution in [0, 0.1) is 0 Å². The van der Waals surface area contributed by atoms with Crippen molar-refractivity contribution >= 4 is 0 Å². The van der Waals surface area contributed by atoms with Gasteiger partial charge in [0.2, 0.25) is 0 Å². The summed E-state index contributed by atoms with van der Waals surface area (Å²) in [7, 11) is 0. The number of hydrogen-bond acceptors (Lipinski definition) is 3. The van der Waals surface area contributed by atoms with Crippen LogP contribution in [0.3, 0.4) is 0 Å². The van der Waals surface area contributed by atoms with E-state index in [0.29, 0.717) is 19.3 Å². The Hall–Kier alpha value is -1.22. The molecule has 0 radical (unpaired) electrons. The van der Waals surface area contributed by atoms with Gasteiger partial charge in [0.1, 0.15) is 0 Å². The second-order valence-corrected chi connectivity index (χ2v) is 4.57. The molecule has 0 spiro atoms. The van der Waals surface area contributed by atoms with Crippen molar-refractivity contribution < 1.29 is 9.47 Å². The molecule has 0 aromatic heterocycles. The minimum Gasteiger partial charge on any atom is -0.490 e. The molecule has 1 fully saturated rings. The molecular weight excluding hydrogens is 226 g/mol. The third-order valence-electron chi connectivity index (χ3n) is 3.28. The molecule has 0 bridgehead atoms. The topological polar surface area (TPSA) is 30.5 Å². The van der Waals surface area contributed by atoms with E-state index in [1.54, 1.807) is 0 Å². The smallest absolute Gasteiger partial charge is 0.161 e. The zero-order valence-corrected chi connectivity index (χ0v) is 11.4. The van der Waals surface area contributed by atoms with Crippen LogP contribution in [0.15, 0.2) is 18.2 Å². The van der Waals surface area contributed by atoms with Gasteiger partial charge in [0, 0.05) is 6.04 Å². The molecule has 18 heavy (non-hydrogen) atoms. The van der Waals surface area contributed by atoms with Crippen molar-refractivity contribution in [3.8, 4) is 11.5 Å². The predicted octanol–water partition coefficient (Wildman–Crippen LogP) is 3.30. The van der Waals surface area contributed by atoms with Gasteiger partial charge in [0.05, 0.1) is 13.2 Å². The van der Waals surface area contributed by atoms with Crippen LogP contribution in [0.25, 0.3) is 0 Å². The maximum atomic E-state index is 5.67. The first-order valence-electron chi connectivity index (χ1n) is 6.98. The Morgan fingerprint density at radius 3 is 2.56 bits per heavy atom. The number of hydrogen-bond donors (Lipinski definition) is 1. The van der Waals surface area contributed by atoms with E-state index in [-0.39, 0.29) is 0 Å². The minimum atomic E-state index is 0.466. The molecule has 1 heterocycles. The number of nitrogens with one attached hydrogen (secondary N) is 1. The summed E-state index contributed by atoms with van der Waals surface area (Å²) >= 11 is 0. The average Bonchev–Trinajstić information content (AvgIpc) is 2.42. The third kappa shape index (κ3) is 3.16. The van der Waals surface area contributed by atoms with Crippen molar-refractivity contribution in [3.05, 3.63) is 23.8 Å². The lowest BCUT2D eigenvalue weighted by atomic mass is 9.97. The summed E-state index contributed by atoms with van der Waals surface area (Å²) in [5.41, 5.74) is 1.31. The first-order chi connectivity index (χ1) is 8.85. The molecule has 1 aliphatic rings. The van der Waals surface area contributed by atoms with E-state index in [1.807, 2.05) is 19.9 Å². The molecule has 1 saturated heterocycles. The fraction of sp³-hybridized carbons (Fsp3) is 0.600. The summed E-state index contributed by atoms with van der Waals surface area (Å²) in [6.07, 6.45) is 3.79. The van der Waals surface area contributed by atoms with Gasteiger partial charge in [0.15, 0.2) is 11.5 Å². The van der Waals surface area contributed by atoms with E-state index in [9.17, 15) is 0 Å². The molecule has 3 heteroatoms. The fourth-order valence-corrected chi connectivity index (χ4v) is 2.42. The van der Waals surface area contributed by atoms with E-state index in [4.69, 9.17) is 9.47 Å². The normalized spacial score (nSPS) is 19.6. The van der Waals surface area contributed by atoms with Gasteiger partial charge in [-0.3, -0.25) is 0 Å². The molecule has 0 amide bonds. The van der Waals surface area contributed by atoms with Gasteiger partial charge in [-0.25, -0.2) is 0 Å². The number of benzene rings is 1. The third-order valence-corrected chi connectivity index (χ3v) is 3.28. The van der Waals surface area contributed by atoms with Crippen LogP contribution in [0.1, 0.15) is 44.7 Å². The second kappa shape index (κ2) is 6.64. The average molecular weight is 249 g/mol. The van der Waals surface area contributed by atoms with Crippen molar-refractivity contribution in [1.29, 1.82) is 0 Å². The lowest BCUT2D eigenvalue weighted by Crippen LogP contribution is -2.26. The Morgan fingerprint density at radius 1 is 1.11 bits per heavy atom. The van der Waals surface area contributed by atoms with Crippen LogP contribution in [0.2, 0.25) is 0 Å². The van der Waals surface area contributed by atoms with Crippen LogP contribution >= 0.6 is 0 Å². The molecule has 1 unspecified atom stereocenters. The quantitative estimate of drug-likeness (QED) is 0.868. The Balaban J connectivity index is 2.18. The molecule has 0 saturated carbocycles. The summed E-state index contributed by atoms with van der Waals surface area (Å²) in [4.78, 5) is 0. The Labute approximate surface area is 109 Å². The van der Waals surface area contributed by atoms with E-state index in [0.717, 1.165) is 18.0 Å². The summed E-state index contributed by atoms with van der Waals surface area (Å²) in [5, 5.41) is 3.56. The molecule has 1 aromatic carbocycles. The van der Waals surface area contributed by atoms with Crippen LogP contribution in [-0.4, -0.2) is 19.8 Å². The van der Waals surface area contributed by atoms with Crippen molar-refractivity contribution in [3.63, 3.8) is 0 Å². The predicted molar refractivity (Wildman–Crippen MR) is 73.4 cm³/mol. The molecule has 2 rings (SSSR count). The molecule has 100 valence electrons. The highest BCUT2D eigenvalue weighted by molar-refractivity contribution is 5.44. The maximum Gasteiger partial charge on any atom is 0.161 e. The minimum absolute atomic E-state index is 0.466. The second-order valence-electron chi connectivity index (χ2n) is 4.57. The number of rotatable bonds is 5. The maximum absolute atomic E-state index is 5.67. The first kappa shape index (κ1) is 13.2. The van der Waals surface area contributed by atoms with Gasteiger partial charge in [0.25, 0.3) is 0 Å². The summed E-state index contributed by atoms with van der Waals surface area (Å²) in [6, 6.07) is 6.77. The largest absolute Gasteiger partial charge is 0.490 e. The van der Waals surface area contributed by atoms with Gasteiger partial charge in [-0.1, -0.05) is 12.5 Å². The van der Waals surface area contributed by atoms with E-state index >= 15 is 0 Å². The number of piperidine rings is 1. The highest BCUT2D eigenvalue weighted by atomic mass is 16.5. The Morgan fingerprint density at radius 2 is 1.89 bits per heavy atom. The van der Waals surface area contributed by atoms with Gasteiger partial charge in [-0.2, -0.15) is 0 Å². The highest BCUT2D eigenvalue weighted by Gasteiger charge is 2.16. The Kier molecular flexibility index (Phi) is 4.88. The van der Waals surface area contributed by atoms with Crippen molar-refractivity contribution in [2.24, 2.45) is 0 Å². The first-order valence-corrected chi connectivity index (χ1v) is 6.98. The summed E-state index contributed by atoms with van der Waals surface area (Å²) in [6.45, 7) is 6.44. The van der Waals surface area contributed by atoms with Gasteiger partial charge >= 0.3 is 0 Å². The van der Waals surface area contributed by atoms with Crippen LogP contribution in [-0.2, 0) is 0 Å². The highest BCUT2D eigenvalue weighted by Crippen LogP contribution is 2.32. The van der Waals surface area contributed by atoms with Gasteiger partial charge in [-0.05, 0) is 50.9 Å². The zero-order valence-electron chi connectivity index (χ0n) is 11.4. The molecule has 3 nitrogen and oxygen atoms in total. The molecule has 1 atom stereocenters. The van der Waals surface area contributed by atoms with E-state index < -0.39 is 0 Å². The van der Waals surface area contributed by atoms with Crippen LogP contribution < -0.4 is 14.8 Å². The SMILES string of the molecule is CCOc1ccc(C2CCCCN2)cc1OCC. The van der Waals surface area contributed by atoms with Gasteiger partial charge in [-0.15, -0.1) is 0 Å². The van der Waals surface area contributed by atoms with Crippen molar-refractivity contribution in [1.82, 2.24) is 5.32 Å². The van der Waals surface area contributed by atoms with E-state index in [1.165, 1.54) is 24.8 Å². The molecular formula is C15H23NO2. The molecule has 0 aliphatic carbocycles. The zero-order chi connectivity index (χ0) is 12.8. The number of ether oxygens (including phenoxy) is 2. The van der Waals surface area contributed by atoms with Crippen molar-refractivity contribution in [2.75, 3.05) is 19.8 Å². The lowest BCUT2D eigenvalue weighted by Gasteiger charge is -2.24. The summed E-state index contributed by atoms with van der Waals surface area (Å²) < 4.78 is 11.3. The van der Waals surface area contributed by atoms with Gasteiger partial charge < -0.3 is 14.8 Å². The monoisotopic (exact) mass is 249 g/mol. The van der Waals surface area contributed by atoms with Crippen LogP contribution in [0.4, 0.5) is 0 Å².